The average molecular weight is 500 g/mol. The number of amides is 1. The van der Waals surface area contributed by atoms with Crippen molar-refractivity contribution in [2.45, 2.75) is 45.6 Å². The Labute approximate surface area is 185 Å². The van der Waals surface area contributed by atoms with Gasteiger partial charge in [0.05, 0.1) is 6.54 Å². The van der Waals surface area contributed by atoms with Gasteiger partial charge in [0, 0.05) is 45.0 Å². The van der Waals surface area contributed by atoms with Crippen LogP contribution in [-0.2, 0) is 16.1 Å². The van der Waals surface area contributed by atoms with E-state index in [0.717, 1.165) is 68.8 Å². The summed E-state index contributed by atoms with van der Waals surface area (Å²) in [6.45, 7) is 6.92. The number of nitrogens with one attached hydrogen (secondary N) is 2. The van der Waals surface area contributed by atoms with Crippen molar-refractivity contribution < 1.29 is 9.53 Å². The number of hydrogen-bond acceptors (Lipinski definition) is 3. The van der Waals surface area contributed by atoms with Crippen molar-refractivity contribution in [3.05, 3.63) is 29.8 Å². The van der Waals surface area contributed by atoms with Gasteiger partial charge in [-0.25, -0.2) is 4.99 Å². The van der Waals surface area contributed by atoms with E-state index in [1.807, 2.05) is 17.0 Å². The quantitative estimate of drug-likeness (QED) is 0.224. The summed E-state index contributed by atoms with van der Waals surface area (Å²) in [5.74, 6) is 1.88. The minimum atomic E-state index is 0. The first-order chi connectivity index (χ1) is 13.3. The molecule has 1 aromatic carbocycles. The van der Waals surface area contributed by atoms with Crippen molar-refractivity contribution in [3.63, 3.8) is 0 Å². The zero-order chi connectivity index (χ0) is 18.9. The highest BCUT2D eigenvalue weighted by Crippen LogP contribution is 2.28. The monoisotopic (exact) mass is 500 g/mol. The number of hydrogen-bond donors (Lipinski definition) is 2. The van der Waals surface area contributed by atoms with Crippen LogP contribution in [0.4, 0.5) is 5.69 Å². The van der Waals surface area contributed by atoms with Crippen molar-refractivity contribution in [3.8, 4) is 0 Å². The van der Waals surface area contributed by atoms with E-state index in [4.69, 9.17) is 4.74 Å². The highest BCUT2D eigenvalue weighted by molar-refractivity contribution is 14.0. The maximum absolute atomic E-state index is 11.8. The molecule has 1 heterocycles. The second kappa shape index (κ2) is 12.3. The molecular formula is C21H33IN4O2. The number of carbonyl (C=O) groups is 1. The molecule has 0 bridgehead atoms. The van der Waals surface area contributed by atoms with Crippen LogP contribution in [0.5, 0.6) is 0 Å². The van der Waals surface area contributed by atoms with Crippen LogP contribution in [0.15, 0.2) is 29.3 Å². The van der Waals surface area contributed by atoms with Gasteiger partial charge in [0.25, 0.3) is 0 Å². The van der Waals surface area contributed by atoms with Crippen LogP contribution in [0.25, 0.3) is 0 Å². The Morgan fingerprint density at radius 3 is 2.68 bits per heavy atom. The molecule has 0 radical (unpaired) electrons. The number of halogens is 1. The van der Waals surface area contributed by atoms with Crippen LogP contribution in [-0.4, -0.2) is 44.7 Å². The molecule has 2 aliphatic rings. The Morgan fingerprint density at radius 1 is 1.25 bits per heavy atom. The maximum Gasteiger partial charge on any atom is 0.227 e. The lowest BCUT2D eigenvalue weighted by Crippen LogP contribution is -2.38. The second-order valence-corrected chi connectivity index (χ2v) is 7.31. The molecule has 0 spiro atoms. The van der Waals surface area contributed by atoms with Crippen LogP contribution in [0.3, 0.4) is 0 Å². The zero-order valence-electron chi connectivity index (χ0n) is 16.8. The highest BCUT2D eigenvalue weighted by Gasteiger charge is 2.21. The van der Waals surface area contributed by atoms with Crippen LogP contribution in [0, 0.1) is 5.92 Å². The minimum absolute atomic E-state index is 0. The summed E-state index contributed by atoms with van der Waals surface area (Å²) in [5.41, 5.74) is 2.12. The third-order valence-electron chi connectivity index (χ3n) is 4.89. The molecule has 2 fully saturated rings. The molecule has 3 rings (SSSR count). The molecule has 1 aliphatic carbocycles. The van der Waals surface area contributed by atoms with E-state index in [9.17, 15) is 4.79 Å². The van der Waals surface area contributed by atoms with Gasteiger partial charge in [0.15, 0.2) is 5.96 Å². The molecule has 28 heavy (non-hydrogen) atoms. The Balaban J connectivity index is 0.00000280. The van der Waals surface area contributed by atoms with Crippen LogP contribution in [0.1, 0.15) is 44.6 Å². The van der Waals surface area contributed by atoms with Crippen LogP contribution in [0.2, 0.25) is 0 Å². The van der Waals surface area contributed by atoms with E-state index in [1.54, 1.807) is 0 Å². The van der Waals surface area contributed by atoms with E-state index >= 15 is 0 Å². The standard InChI is InChI=1S/C21H32N4O2.HI/c1-2-22-21(23-12-4-14-27-16-18-6-7-18)24-15-17-8-10-19(11-9-17)25-13-3-5-20(25)26;/h8-11,18H,2-7,12-16H2,1H3,(H2,22,23,24);1H. The number of ether oxygens (including phenoxy) is 1. The normalized spacial score (nSPS) is 16.8. The van der Waals surface area contributed by atoms with E-state index < -0.39 is 0 Å². The zero-order valence-corrected chi connectivity index (χ0v) is 19.1. The maximum atomic E-state index is 11.8. The third kappa shape index (κ3) is 7.58. The van der Waals surface area contributed by atoms with E-state index in [2.05, 4.69) is 34.7 Å². The predicted octanol–water partition coefficient (Wildman–Crippen LogP) is 3.30. The van der Waals surface area contributed by atoms with Gasteiger partial charge in [-0.3, -0.25) is 4.79 Å². The molecule has 1 saturated heterocycles. The number of aliphatic imine (C=N–C) groups is 1. The van der Waals surface area contributed by atoms with E-state index in [1.165, 1.54) is 12.8 Å². The molecule has 7 heteroatoms. The summed E-state index contributed by atoms with van der Waals surface area (Å²) in [6.07, 6.45) is 5.27. The molecule has 2 N–H and O–H groups in total. The third-order valence-corrected chi connectivity index (χ3v) is 4.89. The Morgan fingerprint density at radius 2 is 2.04 bits per heavy atom. The Kier molecular flexibility index (Phi) is 10.0. The molecule has 0 atom stereocenters. The smallest absolute Gasteiger partial charge is 0.227 e. The second-order valence-electron chi connectivity index (χ2n) is 7.31. The molecule has 0 unspecified atom stereocenters. The lowest BCUT2D eigenvalue weighted by molar-refractivity contribution is -0.117. The Bertz CT molecular complexity index is 632. The van der Waals surface area contributed by atoms with Crippen molar-refractivity contribution in [1.82, 2.24) is 10.6 Å². The number of benzene rings is 1. The summed E-state index contributed by atoms with van der Waals surface area (Å²) in [4.78, 5) is 18.3. The molecule has 1 saturated carbocycles. The van der Waals surface area contributed by atoms with Crippen molar-refractivity contribution in [1.29, 1.82) is 0 Å². The lowest BCUT2D eigenvalue weighted by atomic mass is 10.2. The van der Waals surface area contributed by atoms with Gasteiger partial charge in [-0.1, -0.05) is 12.1 Å². The van der Waals surface area contributed by atoms with Gasteiger partial charge in [0.2, 0.25) is 5.91 Å². The molecule has 0 aromatic heterocycles. The molecular weight excluding hydrogens is 467 g/mol. The number of anilines is 1. The minimum Gasteiger partial charge on any atom is -0.381 e. The first-order valence-corrected chi connectivity index (χ1v) is 10.3. The van der Waals surface area contributed by atoms with Gasteiger partial charge in [-0.05, 0) is 56.2 Å². The first kappa shape index (κ1) is 22.9. The summed E-state index contributed by atoms with van der Waals surface area (Å²) in [5, 5.41) is 6.64. The molecule has 156 valence electrons. The fourth-order valence-corrected chi connectivity index (χ4v) is 3.13. The van der Waals surface area contributed by atoms with E-state index in [-0.39, 0.29) is 29.9 Å². The molecule has 1 aromatic rings. The SMILES string of the molecule is CCNC(=NCc1ccc(N2CCCC2=O)cc1)NCCCOCC1CC1.I. The summed E-state index contributed by atoms with van der Waals surface area (Å²) in [7, 11) is 0. The number of rotatable bonds is 10. The van der Waals surface area contributed by atoms with Gasteiger partial charge >= 0.3 is 0 Å². The lowest BCUT2D eigenvalue weighted by Gasteiger charge is -2.16. The topological polar surface area (TPSA) is 66.0 Å². The van der Waals surface area contributed by atoms with Crippen molar-refractivity contribution in [2.24, 2.45) is 10.9 Å². The highest BCUT2D eigenvalue weighted by atomic mass is 127. The summed E-state index contributed by atoms with van der Waals surface area (Å²) < 4.78 is 5.66. The number of guanidine groups is 1. The van der Waals surface area contributed by atoms with E-state index in [0.29, 0.717) is 13.0 Å². The number of nitrogens with zero attached hydrogens (tertiary/aromatic N) is 2. The van der Waals surface area contributed by atoms with Crippen molar-refractivity contribution >= 4 is 41.5 Å². The summed E-state index contributed by atoms with van der Waals surface area (Å²) in [6, 6.07) is 8.15. The molecule has 6 nitrogen and oxygen atoms in total. The first-order valence-electron chi connectivity index (χ1n) is 10.3. The van der Waals surface area contributed by atoms with Crippen LogP contribution >= 0.6 is 24.0 Å². The average Bonchev–Trinajstić information content (AvgIpc) is 3.41. The number of carbonyl (C=O) groups excluding carboxylic acids is 1. The fourth-order valence-electron chi connectivity index (χ4n) is 3.13. The van der Waals surface area contributed by atoms with Gasteiger partial charge in [-0.15, -0.1) is 24.0 Å². The Hall–Kier alpha value is -1.35. The molecule has 1 aliphatic heterocycles. The largest absolute Gasteiger partial charge is 0.381 e. The fraction of sp³-hybridized carbons (Fsp3) is 0.619. The summed E-state index contributed by atoms with van der Waals surface area (Å²) >= 11 is 0. The van der Waals surface area contributed by atoms with Crippen LogP contribution < -0.4 is 15.5 Å². The predicted molar refractivity (Wildman–Crippen MR) is 124 cm³/mol. The van der Waals surface area contributed by atoms with Gasteiger partial charge < -0.3 is 20.3 Å². The van der Waals surface area contributed by atoms with Gasteiger partial charge in [0.1, 0.15) is 0 Å². The molecule has 1 amide bonds. The van der Waals surface area contributed by atoms with Crippen molar-refractivity contribution in [2.75, 3.05) is 37.7 Å². The van der Waals surface area contributed by atoms with Gasteiger partial charge in [-0.2, -0.15) is 0 Å².